The first-order chi connectivity index (χ1) is 10.5. The largest absolute Gasteiger partial charge is 0.451 e. The molecule has 110 valence electrons. The molecule has 0 fully saturated rings. The third-order valence-corrected chi connectivity index (χ3v) is 3.38. The van der Waals surface area contributed by atoms with Gasteiger partial charge in [-0.05, 0) is 36.4 Å². The molecule has 0 aliphatic rings. The number of anilines is 1. The van der Waals surface area contributed by atoms with Gasteiger partial charge in [-0.15, -0.1) is 0 Å². The van der Waals surface area contributed by atoms with Crippen LogP contribution in [0.2, 0.25) is 5.02 Å². The number of hydrogen-bond acceptors (Lipinski definition) is 3. The molecule has 0 saturated carbocycles. The molecule has 0 atom stereocenters. The maximum Gasteiger partial charge on any atom is 0.291 e. The van der Waals surface area contributed by atoms with Gasteiger partial charge in [-0.2, -0.15) is 0 Å². The van der Waals surface area contributed by atoms with Gasteiger partial charge >= 0.3 is 0 Å². The summed E-state index contributed by atoms with van der Waals surface area (Å²) in [5, 5.41) is 3.90. The molecular formula is C16H11ClN2O3. The Hall–Kier alpha value is -2.79. The van der Waals surface area contributed by atoms with Crippen molar-refractivity contribution < 1.29 is 14.0 Å². The lowest BCUT2D eigenvalue weighted by atomic mass is 10.1. The van der Waals surface area contributed by atoms with Crippen LogP contribution in [0, 0.1) is 0 Å². The number of rotatable bonds is 3. The van der Waals surface area contributed by atoms with Crippen molar-refractivity contribution in [3.05, 3.63) is 64.9 Å². The van der Waals surface area contributed by atoms with Crippen LogP contribution in [-0.2, 0) is 0 Å². The van der Waals surface area contributed by atoms with E-state index in [9.17, 15) is 9.59 Å². The van der Waals surface area contributed by atoms with Gasteiger partial charge in [0.15, 0.2) is 5.76 Å². The van der Waals surface area contributed by atoms with E-state index in [2.05, 4.69) is 5.32 Å². The maximum absolute atomic E-state index is 12.3. The van der Waals surface area contributed by atoms with E-state index < -0.39 is 11.8 Å². The smallest absolute Gasteiger partial charge is 0.291 e. The summed E-state index contributed by atoms with van der Waals surface area (Å²) < 4.78 is 5.47. The summed E-state index contributed by atoms with van der Waals surface area (Å²) in [6.45, 7) is 0. The fourth-order valence-electron chi connectivity index (χ4n) is 2.12. The zero-order valence-electron chi connectivity index (χ0n) is 11.3. The number of carbonyl (C=O) groups excluding carboxylic acids is 2. The van der Waals surface area contributed by atoms with E-state index in [1.807, 2.05) is 0 Å². The molecule has 6 heteroatoms. The van der Waals surface area contributed by atoms with Crippen LogP contribution >= 0.6 is 11.6 Å². The third kappa shape index (κ3) is 2.66. The molecule has 3 N–H and O–H groups in total. The van der Waals surface area contributed by atoms with E-state index in [1.54, 1.807) is 42.5 Å². The summed E-state index contributed by atoms with van der Waals surface area (Å²) in [5.41, 5.74) is 6.40. The van der Waals surface area contributed by atoms with Crippen molar-refractivity contribution in [3.8, 4) is 0 Å². The van der Waals surface area contributed by atoms with Gasteiger partial charge in [0.05, 0.1) is 11.3 Å². The average molecular weight is 315 g/mol. The number of furan rings is 1. The van der Waals surface area contributed by atoms with Gasteiger partial charge < -0.3 is 15.5 Å². The molecule has 3 aromatic rings. The summed E-state index contributed by atoms with van der Waals surface area (Å²) in [5.74, 6) is -0.968. The number of nitrogens with two attached hydrogens (primary N) is 1. The zero-order valence-corrected chi connectivity index (χ0v) is 12.1. The minimum absolute atomic E-state index is 0.122. The Kier molecular flexibility index (Phi) is 3.56. The van der Waals surface area contributed by atoms with Gasteiger partial charge in [0.2, 0.25) is 0 Å². The summed E-state index contributed by atoms with van der Waals surface area (Å²) in [6.07, 6.45) is 0. The number of para-hydroxylation sites is 1. The van der Waals surface area contributed by atoms with E-state index in [4.69, 9.17) is 21.8 Å². The first kappa shape index (κ1) is 14.2. The fraction of sp³-hybridized carbons (Fsp3) is 0. The minimum Gasteiger partial charge on any atom is -0.451 e. The second kappa shape index (κ2) is 5.54. The topological polar surface area (TPSA) is 85.3 Å². The highest BCUT2D eigenvalue weighted by Crippen LogP contribution is 2.24. The molecule has 0 saturated heterocycles. The molecule has 5 nitrogen and oxygen atoms in total. The van der Waals surface area contributed by atoms with Gasteiger partial charge in [0, 0.05) is 10.4 Å². The molecule has 0 aliphatic carbocycles. The molecule has 1 heterocycles. The number of benzene rings is 2. The van der Waals surface area contributed by atoms with Crippen LogP contribution in [-0.4, -0.2) is 11.8 Å². The minimum atomic E-state index is -0.618. The van der Waals surface area contributed by atoms with Crippen LogP contribution in [0.1, 0.15) is 20.9 Å². The molecule has 2 aromatic carbocycles. The quantitative estimate of drug-likeness (QED) is 0.776. The lowest BCUT2D eigenvalue weighted by Crippen LogP contribution is -2.17. The molecule has 0 aliphatic heterocycles. The van der Waals surface area contributed by atoms with Gasteiger partial charge in [-0.25, -0.2) is 0 Å². The third-order valence-electron chi connectivity index (χ3n) is 3.14. The van der Waals surface area contributed by atoms with Crippen LogP contribution in [0.3, 0.4) is 0 Å². The Balaban J connectivity index is 1.92. The molecule has 22 heavy (non-hydrogen) atoms. The second-order valence-corrected chi connectivity index (χ2v) is 5.09. The number of nitrogens with one attached hydrogen (secondary N) is 1. The normalized spacial score (nSPS) is 10.6. The Morgan fingerprint density at radius 3 is 2.64 bits per heavy atom. The van der Waals surface area contributed by atoms with Crippen molar-refractivity contribution in [2.75, 3.05) is 5.32 Å². The lowest BCUT2D eigenvalue weighted by Gasteiger charge is -2.06. The molecule has 2 amide bonds. The molecule has 0 bridgehead atoms. The Bertz CT molecular complexity index is 886. The maximum atomic E-state index is 12.3. The van der Waals surface area contributed by atoms with Crippen molar-refractivity contribution in [3.63, 3.8) is 0 Å². The lowest BCUT2D eigenvalue weighted by molar-refractivity contribution is 0.0998. The first-order valence-electron chi connectivity index (χ1n) is 6.44. The van der Waals surface area contributed by atoms with Gasteiger partial charge in [-0.3, -0.25) is 9.59 Å². The summed E-state index contributed by atoms with van der Waals surface area (Å²) in [6, 6.07) is 13.1. The van der Waals surface area contributed by atoms with Crippen molar-refractivity contribution in [2.45, 2.75) is 0 Å². The Morgan fingerprint density at radius 2 is 1.86 bits per heavy atom. The van der Waals surface area contributed by atoms with E-state index in [0.717, 1.165) is 5.39 Å². The molecule has 0 unspecified atom stereocenters. The van der Waals surface area contributed by atoms with Crippen molar-refractivity contribution in [1.82, 2.24) is 0 Å². The summed E-state index contributed by atoms with van der Waals surface area (Å²) in [4.78, 5) is 23.6. The number of halogens is 1. The molecule has 1 aromatic heterocycles. The number of amides is 2. The van der Waals surface area contributed by atoms with Crippen molar-refractivity contribution in [2.24, 2.45) is 5.73 Å². The highest BCUT2D eigenvalue weighted by molar-refractivity contribution is 6.31. The molecule has 0 spiro atoms. The van der Waals surface area contributed by atoms with Crippen LogP contribution in [0.15, 0.2) is 52.9 Å². The van der Waals surface area contributed by atoms with Crippen LogP contribution in [0.4, 0.5) is 5.69 Å². The van der Waals surface area contributed by atoms with Crippen molar-refractivity contribution >= 4 is 40.1 Å². The summed E-state index contributed by atoms with van der Waals surface area (Å²) >= 11 is 5.90. The van der Waals surface area contributed by atoms with Gasteiger partial charge in [0.1, 0.15) is 5.58 Å². The average Bonchev–Trinajstić information content (AvgIpc) is 2.90. The number of hydrogen-bond donors (Lipinski definition) is 2. The van der Waals surface area contributed by atoms with Crippen molar-refractivity contribution in [1.29, 1.82) is 0 Å². The second-order valence-electron chi connectivity index (χ2n) is 4.66. The highest BCUT2D eigenvalue weighted by atomic mass is 35.5. The number of primary amides is 1. The summed E-state index contributed by atoms with van der Waals surface area (Å²) in [7, 11) is 0. The van der Waals surface area contributed by atoms with Crippen LogP contribution in [0.5, 0.6) is 0 Å². The predicted octanol–water partition coefficient (Wildman–Crippen LogP) is 3.44. The van der Waals surface area contributed by atoms with E-state index >= 15 is 0 Å². The number of fused-ring (bicyclic) bond motifs is 1. The first-order valence-corrected chi connectivity index (χ1v) is 6.81. The molecule has 0 radical (unpaired) electrons. The van der Waals surface area contributed by atoms with Gasteiger partial charge in [0.25, 0.3) is 11.8 Å². The molecular weight excluding hydrogens is 304 g/mol. The van der Waals surface area contributed by atoms with Gasteiger partial charge in [-0.1, -0.05) is 23.7 Å². The SMILES string of the molecule is NC(=O)c1ccccc1NC(=O)c1cc2cc(Cl)ccc2o1. The number of carbonyl (C=O) groups is 2. The van der Waals surface area contributed by atoms with E-state index in [1.165, 1.54) is 6.07 Å². The van der Waals surface area contributed by atoms with Crippen LogP contribution in [0.25, 0.3) is 11.0 Å². The van der Waals surface area contributed by atoms with Crippen LogP contribution < -0.4 is 11.1 Å². The molecule has 3 rings (SSSR count). The van der Waals surface area contributed by atoms with E-state index in [-0.39, 0.29) is 11.3 Å². The highest BCUT2D eigenvalue weighted by Gasteiger charge is 2.15. The standard InChI is InChI=1S/C16H11ClN2O3/c17-10-5-6-13-9(7-10)8-14(22-13)16(21)19-12-4-2-1-3-11(12)15(18)20/h1-8H,(H2,18,20)(H,19,21). The Morgan fingerprint density at radius 1 is 1.09 bits per heavy atom. The predicted molar refractivity (Wildman–Crippen MR) is 84.1 cm³/mol. The monoisotopic (exact) mass is 314 g/mol. The zero-order chi connectivity index (χ0) is 15.7. The Labute approximate surface area is 130 Å². The van der Waals surface area contributed by atoms with E-state index in [0.29, 0.717) is 16.3 Å². The fourth-order valence-corrected chi connectivity index (χ4v) is 2.30.